The van der Waals surface area contributed by atoms with Gasteiger partial charge in [0.25, 0.3) is 5.09 Å². The predicted octanol–water partition coefficient (Wildman–Crippen LogP) is -0.350. The van der Waals surface area contributed by atoms with Gasteiger partial charge < -0.3 is 5.21 Å². The number of hydrogen-bond donors (Lipinski definition) is 1. The summed E-state index contributed by atoms with van der Waals surface area (Å²) in [5.41, 5.74) is 0. The van der Waals surface area contributed by atoms with Crippen LogP contribution in [-0.4, -0.2) is 10.3 Å². The van der Waals surface area contributed by atoms with E-state index in [1.54, 1.807) is 0 Å². The Labute approximate surface area is 41.6 Å². The normalized spacial score (nSPS) is 4.80. The summed E-state index contributed by atoms with van der Waals surface area (Å²) >= 11 is 0. The molecule has 32 valence electrons. The quantitative estimate of drug-likeness (QED) is 0.306. The molecule has 4 nitrogen and oxygen atoms in total. The molecule has 1 N–H and O–H groups in total. The molecule has 0 saturated heterocycles. The monoisotopic (exact) mass is 169 g/mol. The molecule has 0 bridgehead atoms. The van der Waals surface area contributed by atoms with Crippen LogP contribution >= 0.6 is 0 Å². The van der Waals surface area contributed by atoms with Crippen molar-refractivity contribution in [1.29, 1.82) is 0 Å². The molecule has 0 fully saturated rings. The van der Waals surface area contributed by atoms with Gasteiger partial charge in [-0.25, -0.2) is 0 Å². The van der Waals surface area contributed by atoms with E-state index in [9.17, 15) is 0 Å². The van der Waals surface area contributed by atoms with Crippen LogP contribution in [0.5, 0.6) is 0 Å². The molecule has 0 aliphatic carbocycles. The van der Waals surface area contributed by atoms with E-state index in [-0.39, 0.29) is 20.4 Å². The molecule has 0 amide bonds. The SMILES string of the molecule is O=[N+]([O-])O.[Pd+2]. The van der Waals surface area contributed by atoms with Crippen LogP contribution < -0.4 is 0 Å². The van der Waals surface area contributed by atoms with Crippen molar-refractivity contribution in [2.24, 2.45) is 0 Å². The van der Waals surface area contributed by atoms with E-state index in [2.05, 4.69) is 0 Å². The van der Waals surface area contributed by atoms with Gasteiger partial charge in [0.05, 0.1) is 0 Å². The van der Waals surface area contributed by atoms with Crippen LogP contribution in [0.25, 0.3) is 0 Å². The van der Waals surface area contributed by atoms with Crippen LogP contribution in [0.2, 0.25) is 0 Å². The minimum atomic E-state index is -1.50. The molecule has 0 spiro atoms. The zero-order chi connectivity index (χ0) is 3.58. The van der Waals surface area contributed by atoms with E-state index in [4.69, 9.17) is 15.3 Å². The van der Waals surface area contributed by atoms with E-state index in [1.165, 1.54) is 0 Å². The van der Waals surface area contributed by atoms with Crippen LogP contribution in [0.4, 0.5) is 0 Å². The summed E-state index contributed by atoms with van der Waals surface area (Å²) in [4.78, 5) is 8.36. The van der Waals surface area contributed by atoms with Crippen molar-refractivity contribution in [1.82, 2.24) is 0 Å². The predicted molar refractivity (Wildman–Crippen MR) is 8.78 cm³/mol. The molecule has 0 aromatic carbocycles. The van der Waals surface area contributed by atoms with Crippen LogP contribution in [-0.2, 0) is 20.4 Å². The van der Waals surface area contributed by atoms with Gasteiger partial charge in [0.1, 0.15) is 0 Å². The van der Waals surface area contributed by atoms with Gasteiger partial charge in [0, 0.05) is 0 Å². The van der Waals surface area contributed by atoms with Crippen molar-refractivity contribution in [3.8, 4) is 0 Å². The van der Waals surface area contributed by atoms with E-state index in [0.29, 0.717) is 0 Å². The molecular formula is HNO3Pd+2. The van der Waals surface area contributed by atoms with E-state index in [1.807, 2.05) is 0 Å². The first-order valence-electron chi connectivity index (χ1n) is 0.565. The molecule has 0 aromatic rings. The van der Waals surface area contributed by atoms with Gasteiger partial charge in [-0.1, -0.05) is 0 Å². The summed E-state index contributed by atoms with van der Waals surface area (Å²) < 4.78 is 0. The largest absolute Gasteiger partial charge is 2.00 e. The van der Waals surface area contributed by atoms with Gasteiger partial charge in [0.15, 0.2) is 0 Å². The zero-order valence-electron chi connectivity index (χ0n) is 2.03. The van der Waals surface area contributed by atoms with Crippen LogP contribution in [0.15, 0.2) is 0 Å². The Kier molecular flexibility index (Phi) is 6.84. The first-order chi connectivity index (χ1) is 1.73. The third kappa shape index (κ3) is 707. The second kappa shape index (κ2) is 3.86. The third-order valence-corrected chi connectivity index (χ3v) is 0. The van der Waals surface area contributed by atoms with Crippen molar-refractivity contribution in [3.05, 3.63) is 10.1 Å². The van der Waals surface area contributed by atoms with Crippen molar-refractivity contribution in [2.75, 3.05) is 0 Å². The number of hydrogen-bond acceptors (Lipinski definition) is 2. The molecule has 5 heteroatoms. The molecule has 0 saturated carbocycles. The fourth-order valence-corrected chi connectivity index (χ4v) is 0. The van der Waals surface area contributed by atoms with E-state index < -0.39 is 5.09 Å². The fraction of sp³-hybridized carbons (Fsp3) is 0. The Morgan fingerprint density at radius 3 is 1.80 bits per heavy atom. The van der Waals surface area contributed by atoms with Gasteiger partial charge in [0.2, 0.25) is 0 Å². The summed E-state index contributed by atoms with van der Waals surface area (Å²) in [6.07, 6.45) is 0. The molecule has 0 heterocycles. The van der Waals surface area contributed by atoms with Crippen LogP contribution in [0.1, 0.15) is 0 Å². The maximum absolute atomic E-state index is 8.36. The Morgan fingerprint density at radius 2 is 1.80 bits per heavy atom. The molecule has 0 rings (SSSR count). The molecule has 0 aliphatic heterocycles. The average Bonchev–Trinajstić information content (AvgIpc) is 0.811. The summed E-state index contributed by atoms with van der Waals surface area (Å²) in [5.74, 6) is 0. The fourth-order valence-electron chi connectivity index (χ4n) is 0. The minimum absolute atomic E-state index is 0. The van der Waals surface area contributed by atoms with Gasteiger partial charge in [-0.3, -0.25) is 0 Å². The van der Waals surface area contributed by atoms with Crippen LogP contribution in [0.3, 0.4) is 0 Å². The smallest absolute Gasteiger partial charge is 0.328 e. The molecule has 0 aromatic heterocycles. The molecule has 0 aliphatic rings. The molecule has 5 heavy (non-hydrogen) atoms. The van der Waals surface area contributed by atoms with Gasteiger partial charge in [-0.15, -0.1) is 10.1 Å². The zero-order valence-corrected chi connectivity index (χ0v) is 3.58. The van der Waals surface area contributed by atoms with Crippen molar-refractivity contribution in [3.63, 3.8) is 0 Å². The second-order valence-electron chi connectivity index (χ2n) is 0.238. The average molecular weight is 169 g/mol. The van der Waals surface area contributed by atoms with E-state index in [0.717, 1.165) is 0 Å². The molecule has 0 unspecified atom stereocenters. The Balaban J connectivity index is 0. The topological polar surface area (TPSA) is 63.4 Å². The number of rotatable bonds is 0. The Hall–Kier alpha value is -0.138. The summed E-state index contributed by atoms with van der Waals surface area (Å²) in [6, 6.07) is 0. The Bertz CT molecular complexity index is 29.9. The van der Waals surface area contributed by atoms with Gasteiger partial charge in [-0.2, -0.15) is 0 Å². The molecular weight excluding hydrogens is 168 g/mol. The standard InChI is InChI=1S/HNO3.Pd/c2-1(3)4;/h(H,2,3,4);/q;+2. The van der Waals surface area contributed by atoms with E-state index >= 15 is 0 Å². The van der Waals surface area contributed by atoms with Crippen molar-refractivity contribution >= 4 is 0 Å². The maximum Gasteiger partial charge on any atom is 2.00 e. The Morgan fingerprint density at radius 1 is 1.80 bits per heavy atom. The summed E-state index contributed by atoms with van der Waals surface area (Å²) in [6.45, 7) is 0. The van der Waals surface area contributed by atoms with Crippen molar-refractivity contribution in [2.45, 2.75) is 0 Å². The molecule has 0 radical (unpaired) electrons. The second-order valence-corrected chi connectivity index (χ2v) is 0.238. The van der Waals surface area contributed by atoms with Gasteiger partial charge in [-0.05, 0) is 0 Å². The van der Waals surface area contributed by atoms with Crippen molar-refractivity contribution < 1.29 is 30.7 Å². The first-order valence-corrected chi connectivity index (χ1v) is 0.565. The minimum Gasteiger partial charge on any atom is -0.328 e. The number of nitrogens with zero attached hydrogens (tertiary/aromatic N) is 1. The maximum atomic E-state index is 8.36. The first kappa shape index (κ1) is 8.85. The third-order valence-electron chi connectivity index (χ3n) is 0. The van der Waals surface area contributed by atoms with Crippen LogP contribution in [0, 0.1) is 10.1 Å². The molecule has 0 atom stereocenters. The van der Waals surface area contributed by atoms with Gasteiger partial charge >= 0.3 is 20.4 Å². The summed E-state index contributed by atoms with van der Waals surface area (Å²) in [7, 11) is 0. The summed E-state index contributed by atoms with van der Waals surface area (Å²) in [5, 5.41) is 13.6.